The van der Waals surface area contributed by atoms with E-state index in [4.69, 9.17) is 16.0 Å². The Morgan fingerprint density at radius 1 is 1.52 bits per heavy atom. The van der Waals surface area contributed by atoms with Gasteiger partial charge in [0.15, 0.2) is 20.9 Å². The third kappa shape index (κ3) is 4.48. The second kappa shape index (κ2) is 8.44. The number of hydroxylamine groups is 1. The zero-order valence-corrected chi connectivity index (χ0v) is 18.0. The molecule has 0 saturated carbocycles. The molecule has 2 amide bonds. The van der Waals surface area contributed by atoms with Crippen molar-refractivity contribution in [3.63, 3.8) is 0 Å². The monoisotopic (exact) mass is 440 g/mol. The molecule has 1 aromatic rings. The average molecular weight is 441 g/mol. The highest BCUT2D eigenvalue weighted by atomic mass is 32.2. The molecule has 0 spiro atoms. The Kier molecular flexibility index (Phi) is 6.33. The number of nitrogens with zero attached hydrogens (tertiary/aromatic N) is 1. The molecule has 1 fully saturated rings. The second-order valence-corrected chi connectivity index (χ2v) is 10.9. The van der Waals surface area contributed by atoms with Crippen LogP contribution >= 0.6 is 11.3 Å². The van der Waals surface area contributed by atoms with E-state index in [1.54, 1.807) is 6.07 Å². The number of sulfone groups is 1. The predicted molar refractivity (Wildman–Crippen MR) is 108 cm³/mol. The van der Waals surface area contributed by atoms with Crippen LogP contribution in [0.4, 0.5) is 0 Å². The Balaban J connectivity index is 1.64. The van der Waals surface area contributed by atoms with Crippen molar-refractivity contribution in [1.82, 2.24) is 10.4 Å². The Morgan fingerprint density at radius 3 is 2.86 bits per heavy atom. The summed E-state index contributed by atoms with van der Waals surface area (Å²) in [5, 5.41) is 0. The van der Waals surface area contributed by atoms with E-state index in [-0.39, 0.29) is 18.9 Å². The summed E-state index contributed by atoms with van der Waals surface area (Å²) in [6.07, 6.45) is 8.19. The van der Waals surface area contributed by atoms with Gasteiger partial charge in [0.2, 0.25) is 0 Å². The number of rotatable bonds is 7. The Hall–Kier alpha value is -1.93. The van der Waals surface area contributed by atoms with Crippen molar-refractivity contribution in [2.45, 2.75) is 50.2 Å². The zero-order chi connectivity index (χ0) is 21.2. The number of ether oxygens (including phenoxy) is 1. The van der Waals surface area contributed by atoms with Crippen LogP contribution in [0, 0.1) is 12.3 Å². The molecule has 0 aliphatic carbocycles. The standard InChI is InChI=1S/C19H24N2O6S2/c1-4-14-11-13-12-21(17(22)16(13)28-14)9-8-19(2,29(3,24)25)18(23)20-27-15-7-5-6-10-26-15/h1,11,15H,5-10,12H2,2-3H3,(H,20,23). The molecule has 3 heterocycles. The molecule has 10 heteroatoms. The van der Waals surface area contributed by atoms with Crippen LogP contribution in [0.15, 0.2) is 6.07 Å². The largest absolute Gasteiger partial charge is 0.350 e. The summed E-state index contributed by atoms with van der Waals surface area (Å²) in [7, 11) is -3.79. The zero-order valence-electron chi connectivity index (χ0n) is 16.4. The second-order valence-electron chi connectivity index (χ2n) is 7.43. The van der Waals surface area contributed by atoms with Crippen molar-refractivity contribution in [2.24, 2.45) is 0 Å². The van der Waals surface area contributed by atoms with Crippen molar-refractivity contribution in [1.29, 1.82) is 0 Å². The highest BCUT2D eigenvalue weighted by Crippen LogP contribution is 2.32. The first-order chi connectivity index (χ1) is 13.7. The number of terminal acetylenes is 1. The van der Waals surface area contributed by atoms with Crippen molar-refractivity contribution in [3.8, 4) is 12.3 Å². The lowest BCUT2D eigenvalue weighted by Crippen LogP contribution is -2.52. The number of hydrogen-bond donors (Lipinski definition) is 1. The summed E-state index contributed by atoms with van der Waals surface area (Å²) >= 11 is 1.24. The van der Waals surface area contributed by atoms with Crippen LogP contribution in [-0.4, -0.2) is 55.6 Å². The number of amides is 2. The van der Waals surface area contributed by atoms with Gasteiger partial charge < -0.3 is 9.64 Å². The van der Waals surface area contributed by atoms with Gasteiger partial charge in [-0.25, -0.2) is 18.7 Å². The van der Waals surface area contributed by atoms with Crippen LogP contribution in [0.1, 0.15) is 52.7 Å². The Bertz CT molecular complexity index is 942. The SMILES string of the molecule is C#Cc1cc2c(s1)C(=O)N(CCC(C)(C(=O)NOC1CCCCO1)S(C)(=O)=O)C2. The number of hydrogen-bond acceptors (Lipinski definition) is 7. The normalized spacial score (nSPS) is 21.3. The number of fused-ring (bicyclic) bond motifs is 1. The van der Waals surface area contributed by atoms with Gasteiger partial charge >= 0.3 is 0 Å². The molecule has 158 valence electrons. The summed E-state index contributed by atoms with van der Waals surface area (Å²) in [5.41, 5.74) is 3.08. The fourth-order valence-electron chi connectivity index (χ4n) is 3.25. The molecule has 2 atom stereocenters. The van der Waals surface area contributed by atoms with E-state index in [9.17, 15) is 18.0 Å². The van der Waals surface area contributed by atoms with Crippen LogP contribution in [0.2, 0.25) is 0 Å². The predicted octanol–water partition coefficient (Wildman–Crippen LogP) is 1.45. The molecule has 0 aromatic carbocycles. The first kappa shape index (κ1) is 21.8. The maximum Gasteiger partial charge on any atom is 0.264 e. The number of carbonyl (C=O) groups excluding carboxylic acids is 2. The molecule has 2 aliphatic heterocycles. The average Bonchev–Trinajstić information content (AvgIpc) is 3.23. The van der Waals surface area contributed by atoms with E-state index in [1.807, 2.05) is 0 Å². The van der Waals surface area contributed by atoms with Gasteiger partial charge in [-0.05, 0) is 37.8 Å². The van der Waals surface area contributed by atoms with Gasteiger partial charge in [0, 0.05) is 32.4 Å². The van der Waals surface area contributed by atoms with Crippen LogP contribution in [0.3, 0.4) is 0 Å². The summed E-state index contributed by atoms with van der Waals surface area (Å²) in [4.78, 5) is 33.3. The summed E-state index contributed by atoms with van der Waals surface area (Å²) in [6.45, 7) is 2.34. The maximum atomic E-state index is 12.7. The maximum absolute atomic E-state index is 12.7. The molecule has 8 nitrogen and oxygen atoms in total. The number of carbonyl (C=O) groups is 2. The van der Waals surface area contributed by atoms with Crippen LogP contribution in [0.25, 0.3) is 0 Å². The quantitative estimate of drug-likeness (QED) is 0.509. The smallest absolute Gasteiger partial charge is 0.264 e. The third-order valence-corrected chi connectivity index (χ3v) is 8.50. The van der Waals surface area contributed by atoms with Gasteiger partial charge in [-0.3, -0.25) is 9.59 Å². The minimum atomic E-state index is -3.79. The Labute approximate surface area is 174 Å². The fraction of sp³-hybridized carbons (Fsp3) is 0.579. The van der Waals surface area contributed by atoms with Crippen molar-refractivity contribution < 1.29 is 27.6 Å². The minimum absolute atomic E-state index is 0.0603. The molecule has 1 aromatic heterocycles. The molecular weight excluding hydrogens is 416 g/mol. The van der Waals surface area contributed by atoms with Crippen molar-refractivity contribution in [3.05, 3.63) is 21.4 Å². The molecule has 29 heavy (non-hydrogen) atoms. The van der Waals surface area contributed by atoms with E-state index >= 15 is 0 Å². The van der Waals surface area contributed by atoms with E-state index < -0.39 is 26.8 Å². The molecule has 3 rings (SSSR count). The Morgan fingerprint density at radius 2 is 2.28 bits per heavy atom. The van der Waals surface area contributed by atoms with Gasteiger partial charge in [0.05, 0.1) is 9.75 Å². The third-order valence-electron chi connectivity index (χ3n) is 5.37. The van der Waals surface area contributed by atoms with E-state index in [0.29, 0.717) is 29.3 Å². The van der Waals surface area contributed by atoms with Crippen molar-refractivity contribution >= 4 is 33.0 Å². The van der Waals surface area contributed by atoms with Crippen LogP contribution < -0.4 is 5.48 Å². The van der Waals surface area contributed by atoms with Crippen LogP contribution in [0.5, 0.6) is 0 Å². The minimum Gasteiger partial charge on any atom is -0.350 e. The highest BCUT2D eigenvalue weighted by molar-refractivity contribution is 7.92. The lowest BCUT2D eigenvalue weighted by molar-refractivity contribution is -0.201. The summed E-state index contributed by atoms with van der Waals surface area (Å²) in [5.74, 6) is 1.54. The van der Waals surface area contributed by atoms with Gasteiger partial charge in [0.25, 0.3) is 11.8 Å². The first-order valence-corrected chi connectivity index (χ1v) is 12.0. The highest BCUT2D eigenvalue weighted by Gasteiger charge is 2.45. The molecule has 1 N–H and O–H groups in total. The molecule has 1 saturated heterocycles. The molecule has 2 unspecified atom stereocenters. The molecular formula is C19H24N2O6S2. The molecule has 2 aliphatic rings. The van der Waals surface area contributed by atoms with Gasteiger partial charge in [0.1, 0.15) is 0 Å². The number of nitrogens with one attached hydrogen (secondary N) is 1. The molecule has 0 bridgehead atoms. The van der Waals surface area contributed by atoms with Gasteiger partial charge in [-0.1, -0.05) is 5.92 Å². The first-order valence-electron chi connectivity index (χ1n) is 9.31. The summed E-state index contributed by atoms with van der Waals surface area (Å²) in [6, 6.07) is 1.79. The van der Waals surface area contributed by atoms with Gasteiger partial charge in [-0.15, -0.1) is 17.8 Å². The van der Waals surface area contributed by atoms with Gasteiger partial charge in [-0.2, -0.15) is 0 Å². The lowest BCUT2D eigenvalue weighted by Gasteiger charge is -2.29. The van der Waals surface area contributed by atoms with E-state index in [1.165, 1.54) is 23.2 Å². The topological polar surface area (TPSA) is 102 Å². The van der Waals surface area contributed by atoms with E-state index in [2.05, 4.69) is 11.4 Å². The number of thiophene rings is 1. The van der Waals surface area contributed by atoms with Crippen molar-refractivity contribution in [2.75, 3.05) is 19.4 Å². The fourth-order valence-corrected chi connectivity index (χ4v) is 5.04. The van der Waals surface area contributed by atoms with E-state index in [0.717, 1.165) is 24.7 Å². The lowest BCUT2D eigenvalue weighted by atomic mass is 10.1. The molecule has 0 radical (unpaired) electrons. The van der Waals surface area contributed by atoms with Crippen LogP contribution in [-0.2, 0) is 30.8 Å². The summed E-state index contributed by atoms with van der Waals surface area (Å²) < 4.78 is 28.5.